The first-order valence-electron chi connectivity index (χ1n) is 6.09. The summed E-state index contributed by atoms with van der Waals surface area (Å²) in [6, 6.07) is 5.92. The molecule has 3 heteroatoms. The second kappa shape index (κ2) is 7.17. The lowest BCUT2D eigenvalue weighted by Gasteiger charge is -2.11. The van der Waals surface area contributed by atoms with Crippen LogP contribution in [0.5, 0.6) is 11.5 Å². The highest BCUT2D eigenvalue weighted by molar-refractivity contribution is 5.40. The highest BCUT2D eigenvalue weighted by Crippen LogP contribution is 2.24. The average molecular weight is 237 g/mol. The standard InChI is InChI=1S/C14H23NO2/c1-11(2)7-8-15-10-12-5-6-13(16-3)9-14(12)17-4/h5-6,9,11,15H,7-8,10H2,1-4H3. The van der Waals surface area contributed by atoms with Crippen molar-refractivity contribution >= 4 is 0 Å². The molecular weight excluding hydrogens is 214 g/mol. The largest absolute Gasteiger partial charge is 0.497 e. The van der Waals surface area contributed by atoms with Gasteiger partial charge in [-0.1, -0.05) is 19.9 Å². The van der Waals surface area contributed by atoms with E-state index < -0.39 is 0 Å². The fourth-order valence-corrected chi connectivity index (χ4v) is 1.61. The minimum Gasteiger partial charge on any atom is -0.497 e. The van der Waals surface area contributed by atoms with Gasteiger partial charge in [-0.3, -0.25) is 0 Å². The lowest BCUT2D eigenvalue weighted by Crippen LogP contribution is -2.16. The Morgan fingerprint density at radius 3 is 2.53 bits per heavy atom. The van der Waals surface area contributed by atoms with Gasteiger partial charge in [-0.2, -0.15) is 0 Å². The molecule has 1 aromatic carbocycles. The minimum atomic E-state index is 0.736. The second-order valence-electron chi connectivity index (χ2n) is 4.54. The van der Waals surface area contributed by atoms with E-state index in [2.05, 4.69) is 19.2 Å². The van der Waals surface area contributed by atoms with Crippen molar-refractivity contribution in [2.75, 3.05) is 20.8 Å². The highest BCUT2D eigenvalue weighted by Gasteiger charge is 2.04. The molecule has 0 aliphatic carbocycles. The predicted octanol–water partition coefficient (Wildman–Crippen LogP) is 2.84. The number of nitrogens with one attached hydrogen (secondary N) is 1. The first-order valence-corrected chi connectivity index (χ1v) is 6.09. The van der Waals surface area contributed by atoms with Gasteiger partial charge in [0.2, 0.25) is 0 Å². The molecule has 96 valence electrons. The first kappa shape index (κ1) is 13.8. The van der Waals surface area contributed by atoms with E-state index in [4.69, 9.17) is 9.47 Å². The first-order chi connectivity index (χ1) is 8.17. The van der Waals surface area contributed by atoms with Crippen molar-refractivity contribution in [2.24, 2.45) is 5.92 Å². The second-order valence-corrected chi connectivity index (χ2v) is 4.54. The van der Waals surface area contributed by atoms with Crippen LogP contribution in [0.1, 0.15) is 25.8 Å². The number of methoxy groups -OCH3 is 2. The molecule has 0 amide bonds. The molecule has 0 heterocycles. The summed E-state index contributed by atoms with van der Waals surface area (Å²) >= 11 is 0. The molecule has 0 atom stereocenters. The van der Waals surface area contributed by atoms with E-state index >= 15 is 0 Å². The van der Waals surface area contributed by atoms with Gasteiger partial charge in [0.25, 0.3) is 0 Å². The number of rotatable bonds is 7. The fraction of sp³-hybridized carbons (Fsp3) is 0.571. The van der Waals surface area contributed by atoms with E-state index in [1.807, 2.05) is 18.2 Å². The molecule has 0 bridgehead atoms. The molecule has 0 saturated carbocycles. The number of ether oxygens (including phenoxy) is 2. The van der Waals surface area contributed by atoms with E-state index in [-0.39, 0.29) is 0 Å². The summed E-state index contributed by atoms with van der Waals surface area (Å²) in [5.41, 5.74) is 1.16. The quantitative estimate of drug-likeness (QED) is 0.740. The summed E-state index contributed by atoms with van der Waals surface area (Å²) in [5, 5.41) is 3.42. The van der Waals surface area contributed by atoms with Gasteiger partial charge in [0.15, 0.2) is 0 Å². The van der Waals surface area contributed by atoms with Crippen LogP contribution in [0.15, 0.2) is 18.2 Å². The van der Waals surface area contributed by atoms with Crippen LogP contribution in [-0.2, 0) is 6.54 Å². The van der Waals surface area contributed by atoms with E-state index in [9.17, 15) is 0 Å². The van der Waals surface area contributed by atoms with Crippen LogP contribution in [0.4, 0.5) is 0 Å². The van der Waals surface area contributed by atoms with Crippen LogP contribution in [-0.4, -0.2) is 20.8 Å². The van der Waals surface area contributed by atoms with Crippen LogP contribution in [0, 0.1) is 5.92 Å². The number of hydrogen-bond donors (Lipinski definition) is 1. The molecular formula is C14H23NO2. The SMILES string of the molecule is COc1ccc(CNCCC(C)C)c(OC)c1. The molecule has 3 nitrogen and oxygen atoms in total. The fourth-order valence-electron chi connectivity index (χ4n) is 1.61. The van der Waals surface area contributed by atoms with Crippen molar-refractivity contribution in [1.82, 2.24) is 5.32 Å². The summed E-state index contributed by atoms with van der Waals surface area (Å²) in [6.45, 7) is 6.33. The molecule has 0 spiro atoms. The average Bonchev–Trinajstić information content (AvgIpc) is 2.34. The van der Waals surface area contributed by atoms with Crippen molar-refractivity contribution < 1.29 is 9.47 Å². The monoisotopic (exact) mass is 237 g/mol. The van der Waals surface area contributed by atoms with Gasteiger partial charge in [-0.05, 0) is 24.9 Å². The topological polar surface area (TPSA) is 30.5 Å². The zero-order valence-corrected chi connectivity index (χ0v) is 11.2. The maximum absolute atomic E-state index is 5.35. The van der Waals surface area contributed by atoms with Crippen molar-refractivity contribution in [3.8, 4) is 11.5 Å². The zero-order valence-electron chi connectivity index (χ0n) is 11.2. The normalized spacial score (nSPS) is 10.6. The molecule has 1 aromatic rings. The Bertz CT molecular complexity index is 337. The molecule has 0 saturated heterocycles. The van der Waals surface area contributed by atoms with Gasteiger partial charge in [-0.15, -0.1) is 0 Å². The Hall–Kier alpha value is -1.22. The van der Waals surface area contributed by atoms with Gasteiger partial charge in [0.05, 0.1) is 14.2 Å². The predicted molar refractivity (Wildman–Crippen MR) is 70.7 cm³/mol. The van der Waals surface area contributed by atoms with Crippen molar-refractivity contribution in [1.29, 1.82) is 0 Å². The maximum Gasteiger partial charge on any atom is 0.127 e. The molecule has 1 rings (SSSR count). The summed E-state index contributed by atoms with van der Waals surface area (Å²) in [4.78, 5) is 0. The molecule has 1 N–H and O–H groups in total. The molecule has 0 unspecified atom stereocenters. The Labute approximate surface area is 104 Å². The molecule has 0 aliphatic heterocycles. The summed E-state index contributed by atoms with van der Waals surface area (Å²) in [6.07, 6.45) is 1.19. The lowest BCUT2D eigenvalue weighted by molar-refractivity contribution is 0.389. The smallest absolute Gasteiger partial charge is 0.127 e. The van der Waals surface area contributed by atoms with E-state index in [1.54, 1.807) is 14.2 Å². The zero-order chi connectivity index (χ0) is 12.7. The van der Waals surface area contributed by atoms with Crippen molar-refractivity contribution in [3.05, 3.63) is 23.8 Å². The third kappa shape index (κ3) is 4.65. The highest BCUT2D eigenvalue weighted by atomic mass is 16.5. The lowest BCUT2D eigenvalue weighted by atomic mass is 10.1. The van der Waals surface area contributed by atoms with Crippen molar-refractivity contribution in [3.63, 3.8) is 0 Å². The Morgan fingerprint density at radius 2 is 1.94 bits per heavy atom. The molecule has 0 aliphatic rings. The van der Waals surface area contributed by atoms with E-state index in [0.29, 0.717) is 0 Å². The van der Waals surface area contributed by atoms with Gasteiger partial charge < -0.3 is 14.8 Å². The Balaban J connectivity index is 2.52. The van der Waals surface area contributed by atoms with E-state index in [0.717, 1.165) is 36.1 Å². The van der Waals surface area contributed by atoms with Gasteiger partial charge in [0, 0.05) is 18.2 Å². The van der Waals surface area contributed by atoms with Gasteiger partial charge >= 0.3 is 0 Å². The molecule has 0 aromatic heterocycles. The summed E-state index contributed by atoms with van der Waals surface area (Å²) in [7, 11) is 3.35. The molecule has 0 fully saturated rings. The van der Waals surface area contributed by atoms with Crippen LogP contribution in [0.25, 0.3) is 0 Å². The number of hydrogen-bond acceptors (Lipinski definition) is 3. The summed E-state index contributed by atoms with van der Waals surface area (Å²) < 4.78 is 10.5. The molecule has 17 heavy (non-hydrogen) atoms. The van der Waals surface area contributed by atoms with Gasteiger partial charge in [0.1, 0.15) is 11.5 Å². The third-order valence-electron chi connectivity index (χ3n) is 2.71. The maximum atomic E-state index is 5.35. The van der Waals surface area contributed by atoms with Crippen LogP contribution < -0.4 is 14.8 Å². The van der Waals surface area contributed by atoms with E-state index in [1.165, 1.54) is 6.42 Å². The molecule has 0 radical (unpaired) electrons. The van der Waals surface area contributed by atoms with Gasteiger partial charge in [-0.25, -0.2) is 0 Å². The Morgan fingerprint density at radius 1 is 1.18 bits per heavy atom. The summed E-state index contributed by atoms with van der Waals surface area (Å²) in [5.74, 6) is 2.44. The van der Waals surface area contributed by atoms with Crippen LogP contribution >= 0.6 is 0 Å². The Kier molecular flexibility index (Phi) is 5.84. The number of benzene rings is 1. The third-order valence-corrected chi connectivity index (χ3v) is 2.71. The minimum absolute atomic E-state index is 0.736. The van der Waals surface area contributed by atoms with Crippen molar-refractivity contribution in [2.45, 2.75) is 26.8 Å². The van der Waals surface area contributed by atoms with Crippen LogP contribution in [0.3, 0.4) is 0 Å². The van der Waals surface area contributed by atoms with Crippen LogP contribution in [0.2, 0.25) is 0 Å².